The van der Waals surface area contributed by atoms with Gasteiger partial charge in [0.2, 0.25) is 0 Å². The van der Waals surface area contributed by atoms with E-state index in [0.29, 0.717) is 16.6 Å². The minimum Gasteiger partial charge on any atom is -0.269 e. The number of nitrogens with one attached hydrogen (secondary N) is 1. The Hall–Kier alpha value is -2.99. The molecule has 1 N–H and O–H groups in total. The Labute approximate surface area is 162 Å². The van der Waals surface area contributed by atoms with Crippen molar-refractivity contribution < 1.29 is 0 Å². The fourth-order valence-corrected chi connectivity index (χ4v) is 3.93. The lowest BCUT2D eigenvalue weighted by Crippen LogP contribution is -2.01. The molecular formula is C21H19N5S. The van der Waals surface area contributed by atoms with Gasteiger partial charge in [-0.2, -0.15) is 10.2 Å². The van der Waals surface area contributed by atoms with E-state index in [0.717, 1.165) is 24.5 Å². The molecule has 2 heterocycles. The Morgan fingerprint density at radius 3 is 2.52 bits per heavy atom. The van der Waals surface area contributed by atoms with Crippen LogP contribution in [0.25, 0.3) is 5.69 Å². The second-order valence-electron chi connectivity index (χ2n) is 6.96. The highest BCUT2D eigenvalue weighted by atomic mass is 32.1. The zero-order valence-electron chi connectivity index (χ0n) is 14.7. The SMILES string of the molecule is S=c1[nH]nc(C2CC2c2ccccc2)n1-c1cnn(Cc2ccccc2)c1. The first kappa shape index (κ1) is 16.2. The van der Waals surface area contributed by atoms with Crippen LogP contribution >= 0.6 is 12.2 Å². The summed E-state index contributed by atoms with van der Waals surface area (Å²) in [6.45, 7) is 0.734. The number of aromatic amines is 1. The topological polar surface area (TPSA) is 51.4 Å². The van der Waals surface area contributed by atoms with Crippen molar-refractivity contribution in [3.63, 3.8) is 0 Å². The van der Waals surface area contributed by atoms with E-state index < -0.39 is 0 Å². The summed E-state index contributed by atoms with van der Waals surface area (Å²) in [4.78, 5) is 0. The average Bonchev–Trinajstić information content (AvgIpc) is 3.22. The summed E-state index contributed by atoms with van der Waals surface area (Å²) in [5, 5.41) is 12.0. The summed E-state index contributed by atoms with van der Waals surface area (Å²) in [6, 6.07) is 20.9. The van der Waals surface area contributed by atoms with Crippen molar-refractivity contribution >= 4 is 12.2 Å². The summed E-state index contributed by atoms with van der Waals surface area (Å²) in [7, 11) is 0. The number of benzene rings is 2. The average molecular weight is 373 g/mol. The Morgan fingerprint density at radius 2 is 1.74 bits per heavy atom. The molecule has 134 valence electrons. The molecule has 1 aliphatic carbocycles. The molecule has 2 aromatic carbocycles. The van der Waals surface area contributed by atoms with Gasteiger partial charge in [-0.1, -0.05) is 60.7 Å². The Kier molecular flexibility index (Phi) is 3.98. The van der Waals surface area contributed by atoms with Crippen molar-refractivity contribution in [2.75, 3.05) is 0 Å². The molecule has 0 amide bonds. The van der Waals surface area contributed by atoms with E-state index in [1.807, 2.05) is 39.8 Å². The second-order valence-corrected chi connectivity index (χ2v) is 7.35. The third kappa shape index (κ3) is 3.13. The molecule has 0 radical (unpaired) electrons. The summed E-state index contributed by atoms with van der Waals surface area (Å²) in [5.41, 5.74) is 3.54. The van der Waals surface area contributed by atoms with Gasteiger partial charge in [0, 0.05) is 12.1 Å². The minimum absolute atomic E-state index is 0.387. The number of hydrogen-bond acceptors (Lipinski definition) is 3. The van der Waals surface area contributed by atoms with Crippen molar-refractivity contribution in [3.8, 4) is 5.69 Å². The van der Waals surface area contributed by atoms with Crippen molar-refractivity contribution in [3.05, 3.63) is 94.8 Å². The van der Waals surface area contributed by atoms with E-state index in [1.165, 1.54) is 11.1 Å². The van der Waals surface area contributed by atoms with Gasteiger partial charge >= 0.3 is 0 Å². The number of rotatable bonds is 5. The molecular weight excluding hydrogens is 354 g/mol. The van der Waals surface area contributed by atoms with Crippen LogP contribution in [0.15, 0.2) is 73.1 Å². The molecule has 1 fully saturated rings. The van der Waals surface area contributed by atoms with Crippen LogP contribution in [-0.2, 0) is 6.54 Å². The van der Waals surface area contributed by atoms with Crippen molar-refractivity contribution in [1.82, 2.24) is 24.5 Å². The zero-order valence-corrected chi connectivity index (χ0v) is 15.5. The van der Waals surface area contributed by atoms with Gasteiger partial charge in [-0.25, -0.2) is 0 Å². The third-order valence-corrected chi connectivity index (χ3v) is 5.39. The van der Waals surface area contributed by atoms with E-state index in [1.54, 1.807) is 0 Å². The maximum absolute atomic E-state index is 5.50. The Morgan fingerprint density at radius 1 is 1.00 bits per heavy atom. The highest BCUT2D eigenvalue weighted by Gasteiger charge is 2.43. The lowest BCUT2D eigenvalue weighted by Gasteiger charge is -2.04. The van der Waals surface area contributed by atoms with Gasteiger partial charge in [0.05, 0.1) is 18.4 Å². The molecule has 5 nitrogen and oxygen atoms in total. The van der Waals surface area contributed by atoms with Crippen molar-refractivity contribution in [2.24, 2.45) is 0 Å². The standard InChI is InChI=1S/C21H19N5S/c27-21-24-23-20(19-11-18(19)16-9-5-2-6-10-16)26(21)17-12-22-25(14-17)13-15-7-3-1-4-8-15/h1-10,12,14,18-19H,11,13H2,(H,24,27). The molecule has 2 aromatic heterocycles. The molecule has 0 spiro atoms. The largest absolute Gasteiger partial charge is 0.269 e. The molecule has 5 rings (SSSR count). The van der Waals surface area contributed by atoms with E-state index in [-0.39, 0.29) is 0 Å². The third-order valence-electron chi connectivity index (χ3n) is 5.11. The normalized spacial score (nSPS) is 18.5. The van der Waals surface area contributed by atoms with Gasteiger partial charge in [-0.15, -0.1) is 0 Å². The Balaban J connectivity index is 1.42. The number of nitrogens with zero attached hydrogens (tertiary/aromatic N) is 4. The molecule has 4 aromatic rings. The molecule has 0 bridgehead atoms. The van der Waals surface area contributed by atoms with Crippen LogP contribution in [0.4, 0.5) is 0 Å². The van der Waals surface area contributed by atoms with Crippen LogP contribution in [0, 0.1) is 4.77 Å². The summed E-state index contributed by atoms with van der Waals surface area (Å²) in [5.74, 6) is 1.89. The minimum atomic E-state index is 0.387. The first-order valence-electron chi connectivity index (χ1n) is 9.08. The highest BCUT2D eigenvalue weighted by Crippen LogP contribution is 2.54. The number of H-pyrrole nitrogens is 1. The van der Waals surface area contributed by atoms with E-state index in [4.69, 9.17) is 12.2 Å². The molecule has 6 heteroatoms. The van der Waals surface area contributed by atoms with Crippen LogP contribution in [0.3, 0.4) is 0 Å². The predicted molar refractivity (Wildman–Crippen MR) is 107 cm³/mol. The maximum atomic E-state index is 5.50. The van der Waals surface area contributed by atoms with Crippen molar-refractivity contribution in [2.45, 2.75) is 24.8 Å². The van der Waals surface area contributed by atoms with Gasteiger partial charge in [0.15, 0.2) is 4.77 Å². The summed E-state index contributed by atoms with van der Waals surface area (Å²) in [6.07, 6.45) is 4.99. The van der Waals surface area contributed by atoms with Gasteiger partial charge < -0.3 is 0 Å². The monoisotopic (exact) mass is 373 g/mol. The second kappa shape index (κ2) is 6.63. The first-order valence-corrected chi connectivity index (χ1v) is 9.49. The smallest absolute Gasteiger partial charge is 0.199 e. The molecule has 27 heavy (non-hydrogen) atoms. The molecule has 1 aliphatic rings. The highest BCUT2D eigenvalue weighted by molar-refractivity contribution is 7.71. The van der Waals surface area contributed by atoms with Gasteiger partial charge in [0.1, 0.15) is 5.82 Å². The van der Waals surface area contributed by atoms with Crippen LogP contribution in [0.2, 0.25) is 0 Å². The fourth-order valence-electron chi connectivity index (χ4n) is 3.68. The molecule has 2 atom stereocenters. The summed E-state index contributed by atoms with van der Waals surface area (Å²) < 4.78 is 4.57. The maximum Gasteiger partial charge on any atom is 0.199 e. The Bertz CT molecular complexity index is 1110. The van der Waals surface area contributed by atoms with E-state index >= 15 is 0 Å². The van der Waals surface area contributed by atoms with E-state index in [9.17, 15) is 0 Å². The molecule has 0 aliphatic heterocycles. The first-order chi connectivity index (χ1) is 13.3. The number of hydrogen-bond donors (Lipinski definition) is 1. The van der Waals surface area contributed by atoms with Crippen molar-refractivity contribution in [1.29, 1.82) is 0 Å². The lowest BCUT2D eigenvalue weighted by atomic mass is 10.1. The zero-order chi connectivity index (χ0) is 18.2. The van der Waals surface area contributed by atoms with Gasteiger partial charge in [0.25, 0.3) is 0 Å². The van der Waals surface area contributed by atoms with Crippen LogP contribution in [-0.4, -0.2) is 24.5 Å². The van der Waals surface area contributed by atoms with Crippen LogP contribution < -0.4 is 0 Å². The van der Waals surface area contributed by atoms with Crippen LogP contribution in [0.1, 0.15) is 35.2 Å². The fraction of sp³-hybridized carbons (Fsp3) is 0.190. The quantitative estimate of drug-likeness (QED) is 0.526. The van der Waals surface area contributed by atoms with Gasteiger partial charge in [-0.05, 0) is 35.7 Å². The number of aromatic nitrogens is 5. The molecule has 1 saturated carbocycles. The van der Waals surface area contributed by atoms with Crippen LogP contribution in [0.5, 0.6) is 0 Å². The molecule has 2 unspecified atom stereocenters. The molecule has 0 saturated heterocycles. The van der Waals surface area contributed by atoms with Gasteiger partial charge in [-0.3, -0.25) is 14.3 Å². The summed E-state index contributed by atoms with van der Waals surface area (Å²) >= 11 is 5.50. The lowest BCUT2D eigenvalue weighted by molar-refractivity contribution is 0.686. The van der Waals surface area contributed by atoms with E-state index in [2.05, 4.69) is 57.8 Å². The predicted octanol–water partition coefficient (Wildman–Crippen LogP) is 4.45.